The molecule has 0 aromatic carbocycles. The number of carbonyl (C=O) groups excluding carboxylic acids is 1. The molecule has 1 saturated heterocycles. The number of hydrogen-bond donors (Lipinski definition) is 1. The van der Waals surface area contributed by atoms with Crippen LogP contribution in [0.25, 0.3) is 16.7 Å². The van der Waals surface area contributed by atoms with Gasteiger partial charge in [0.2, 0.25) is 5.91 Å². The molecule has 0 bridgehead atoms. The fourth-order valence-corrected chi connectivity index (χ4v) is 4.12. The van der Waals surface area contributed by atoms with Gasteiger partial charge in [0, 0.05) is 38.4 Å². The van der Waals surface area contributed by atoms with Crippen LogP contribution in [0.1, 0.15) is 18.6 Å². The third kappa shape index (κ3) is 3.44. The third-order valence-electron chi connectivity index (χ3n) is 5.56. The van der Waals surface area contributed by atoms with Gasteiger partial charge in [-0.1, -0.05) is 0 Å². The number of furan rings is 1. The molecular weight excluding hydrogens is 366 g/mol. The second kappa shape index (κ2) is 7.58. The van der Waals surface area contributed by atoms with Gasteiger partial charge in [-0.15, -0.1) is 0 Å². The summed E-state index contributed by atoms with van der Waals surface area (Å²) in [6.45, 7) is 2.14. The van der Waals surface area contributed by atoms with Crippen LogP contribution in [0.5, 0.6) is 0 Å². The van der Waals surface area contributed by atoms with Gasteiger partial charge in [0.1, 0.15) is 5.76 Å². The van der Waals surface area contributed by atoms with Crippen molar-refractivity contribution in [3.05, 3.63) is 60.8 Å². The van der Waals surface area contributed by atoms with E-state index < -0.39 is 0 Å². The van der Waals surface area contributed by atoms with Gasteiger partial charge < -0.3 is 19.0 Å². The molecule has 29 heavy (non-hydrogen) atoms. The molecule has 1 fully saturated rings. The van der Waals surface area contributed by atoms with Crippen molar-refractivity contribution in [2.24, 2.45) is 5.92 Å². The molecule has 0 spiro atoms. The fourth-order valence-electron chi connectivity index (χ4n) is 4.12. The van der Waals surface area contributed by atoms with Crippen LogP contribution >= 0.6 is 0 Å². The molecule has 5 heterocycles. The minimum Gasteiger partial charge on any atom is -0.469 e. The second-order valence-corrected chi connectivity index (χ2v) is 7.45. The zero-order valence-electron chi connectivity index (χ0n) is 16.1. The van der Waals surface area contributed by atoms with Gasteiger partial charge in [-0.2, -0.15) is 0 Å². The van der Waals surface area contributed by atoms with E-state index in [1.807, 2.05) is 36.5 Å². The van der Waals surface area contributed by atoms with Crippen molar-refractivity contribution < 1.29 is 9.21 Å². The number of hydrogen-bond acceptors (Lipinski definition) is 5. The molecule has 148 valence electrons. The van der Waals surface area contributed by atoms with E-state index in [0.717, 1.165) is 47.6 Å². The Morgan fingerprint density at radius 1 is 1.21 bits per heavy atom. The normalized spacial score (nSPS) is 17.1. The van der Waals surface area contributed by atoms with E-state index in [2.05, 4.69) is 25.7 Å². The lowest BCUT2D eigenvalue weighted by Gasteiger charge is -2.33. The Balaban J connectivity index is 1.33. The molecule has 1 aliphatic heterocycles. The third-order valence-corrected chi connectivity index (χ3v) is 5.56. The summed E-state index contributed by atoms with van der Waals surface area (Å²) in [6.07, 6.45) is 8.02. The van der Waals surface area contributed by atoms with Gasteiger partial charge >= 0.3 is 0 Å². The average Bonchev–Trinajstić information content (AvgIpc) is 3.45. The number of rotatable bonds is 5. The zero-order valence-corrected chi connectivity index (χ0v) is 16.1. The highest BCUT2D eigenvalue weighted by Gasteiger charge is 2.27. The largest absolute Gasteiger partial charge is 0.469 e. The van der Waals surface area contributed by atoms with Crippen molar-refractivity contribution in [2.75, 3.05) is 24.5 Å². The van der Waals surface area contributed by atoms with Gasteiger partial charge in [-0.3, -0.25) is 4.79 Å². The Labute approximate surface area is 168 Å². The van der Waals surface area contributed by atoms with Crippen molar-refractivity contribution in [1.82, 2.24) is 19.7 Å². The number of amides is 1. The quantitative estimate of drug-likeness (QED) is 0.568. The predicted octanol–water partition coefficient (Wildman–Crippen LogP) is 3.05. The molecule has 5 rings (SSSR count). The summed E-state index contributed by atoms with van der Waals surface area (Å²) >= 11 is 0. The standard InChI is InChI=1S/C22H23N5O2/c28-22(24-11-9-17-6-4-14-29-17)16-5-2-12-26(15-16)21-19-8-3-13-27(19)18-7-1-10-23-20(18)25-21/h1,3-4,6-8,10,13-14,16H,2,5,9,11-12,15H2,(H,24,28)/t16-/m0/s1. The van der Waals surface area contributed by atoms with E-state index in [0.29, 0.717) is 19.5 Å². The molecule has 0 aliphatic carbocycles. The van der Waals surface area contributed by atoms with Crippen molar-refractivity contribution in [1.29, 1.82) is 0 Å². The molecule has 4 aromatic heterocycles. The number of anilines is 1. The van der Waals surface area contributed by atoms with Crippen LogP contribution < -0.4 is 10.2 Å². The molecule has 1 amide bonds. The molecule has 1 N–H and O–H groups in total. The van der Waals surface area contributed by atoms with Crippen LogP contribution in [-0.4, -0.2) is 39.9 Å². The van der Waals surface area contributed by atoms with E-state index >= 15 is 0 Å². The lowest BCUT2D eigenvalue weighted by atomic mass is 9.97. The number of piperidine rings is 1. The zero-order chi connectivity index (χ0) is 19.6. The van der Waals surface area contributed by atoms with Crippen LogP contribution in [0.3, 0.4) is 0 Å². The molecule has 0 radical (unpaired) electrons. The Hall–Kier alpha value is -3.35. The van der Waals surface area contributed by atoms with Gasteiger partial charge in [0.25, 0.3) is 0 Å². The molecule has 1 aliphatic rings. The van der Waals surface area contributed by atoms with Gasteiger partial charge in [-0.05, 0) is 49.2 Å². The molecular formula is C22H23N5O2. The van der Waals surface area contributed by atoms with Crippen LogP contribution in [0.4, 0.5) is 5.82 Å². The summed E-state index contributed by atoms with van der Waals surface area (Å²) in [5, 5.41) is 3.06. The molecule has 7 nitrogen and oxygen atoms in total. The number of fused-ring (bicyclic) bond motifs is 3. The Kier molecular flexibility index (Phi) is 4.63. The number of carbonyl (C=O) groups is 1. The van der Waals surface area contributed by atoms with E-state index in [1.54, 1.807) is 12.5 Å². The SMILES string of the molecule is O=C(NCCc1ccco1)[C@H]1CCCN(c2nc3ncccc3n3cccc23)C1. The predicted molar refractivity (Wildman–Crippen MR) is 111 cm³/mol. The topological polar surface area (TPSA) is 75.7 Å². The lowest BCUT2D eigenvalue weighted by molar-refractivity contribution is -0.125. The first-order valence-corrected chi connectivity index (χ1v) is 10.1. The minimum absolute atomic E-state index is 0.0448. The maximum atomic E-state index is 12.7. The lowest BCUT2D eigenvalue weighted by Crippen LogP contribution is -2.44. The first-order valence-electron chi connectivity index (χ1n) is 10.1. The van der Waals surface area contributed by atoms with Gasteiger partial charge in [0.05, 0.1) is 23.2 Å². The van der Waals surface area contributed by atoms with Gasteiger partial charge in [-0.25, -0.2) is 9.97 Å². The summed E-state index contributed by atoms with van der Waals surface area (Å²) in [5.74, 6) is 1.84. The summed E-state index contributed by atoms with van der Waals surface area (Å²) in [4.78, 5) is 24.2. The molecule has 0 unspecified atom stereocenters. The molecule has 7 heteroatoms. The van der Waals surface area contributed by atoms with Crippen molar-refractivity contribution in [2.45, 2.75) is 19.3 Å². The smallest absolute Gasteiger partial charge is 0.224 e. The summed E-state index contributed by atoms with van der Waals surface area (Å²) in [7, 11) is 0. The number of nitrogens with one attached hydrogen (secondary N) is 1. The van der Waals surface area contributed by atoms with Crippen LogP contribution in [-0.2, 0) is 11.2 Å². The van der Waals surface area contributed by atoms with Crippen molar-refractivity contribution in [3.63, 3.8) is 0 Å². The highest BCUT2D eigenvalue weighted by atomic mass is 16.3. The molecule has 1 atom stereocenters. The fraction of sp³-hybridized carbons (Fsp3) is 0.318. The number of nitrogens with zero attached hydrogens (tertiary/aromatic N) is 4. The van der Waals surface area contributed by atoms with Crippen LogP contribution in [0, 0.1) is 5.92 Å². The first kappa shape index (κ1) is 17.7. The van der Waals surface area contributed by atoms with E-state index in [4.69, 9.17) is 9.40 Å². The number of pyridine rings is 1. The Morgan fingerprint density at radius 2 is 2.14 bits per heavy atom. The summed E-state index contributed by atoms with van der Waals surface area (Å²) in [5.41, 5.74) is 2.75. The van der Waals surface area contributed by atoms with Crippen LogP contribution in [0.15, 0.2) is 59.5 Å². The molecule has 4 aromatic rings. The van der Waals surface area contributed by atoms with E-state index in [9.17, 15) is 4.79 Å². The first-order chi connectivity index (χ1) is 14.3. The number of aromatic nitrogens is 3. The molecule has 0 saturated carbocycles. The van der Waals surface area contributed by atoms with Crippen LogP contribution in [0.2, 0.25) is 0 Å². The van der Waals surface area contributed by atoms with E-state index in [1.165, 1.54) is 0 Å². The van der Waals surface area contributed by atoms with E-state index in [-0.39, 0.29) is 11.8 Å². The second-order valence-electron chi connectivity index (χ2n) is 7.45. The Bertz CT molecular complexity index is 1130. The average molecular weight is 389 g/mol. The summed E-state index contributed by atoms with van der Waals surface area (Å²) < 4.78 is 7.45. The van der Waals surface area contributed by atoms with Gasteiger partial charge in [0.15, 0.2) is 11.5 Å². The highest BCUT2D eigenvalue weighted by Crippen LogP contribution is 2.28. The summed E-state index contributed by atoms with van der Waals surface area (Å²) in [6, 6.07) is 11.8. The van der Waals surface area contributed by atoms with Crippen molar-refractivity contribution in [3.8, 4) is 0 Å². The monoisotopic (exact) mass is 389 g/mol. The van der Waals surface area contributed by atoms with Crippen molar-refractivity contribution >= 4 is 28.4 Å². The maximum Gasteiger partial charge on any atom is 0.224 e. The maximum absolute atomic E-state index is 12.7. The minimum atomic E-state index is -0.0448. The Morgan fingerprint density at radius 3 is 3.03 bits per heavy atom. The highest BCUT2D eigenvalue weighted by molar-refractivity contribution is 5.84.